The highest BCUT2D eigenvalue weighted by Crippen LogP contribution is 2.25. The van der Waals surface area contributed by atoms with Gasteiger partial charge in [-0.3, -0.25) is 0 Å². The van der Waals surface area contributed by atoms with Gasteiger partial charge in [0.05, 0.1) is 6.54 Å². The molecule has 0 spiro atoms. The summed E-state index contributed by atoms with van der Waals surface area (Å²) in [6, 6.07) is 2.12. The third-order valence-corrected chi connectivity index (χ3v) is 5.03. The Balaban J connectivity index is 0.00000264. The third-order valence-electron chi connectivity index (χ3n) is 4.30. The molecule has 0 aromatic carbocycles. The van der Waals surface area contributed by atoms with Gasteiger partial charge in [-0.05, 0) is 56.3 Å². The number of hydrogen-bond acceptors (Lipinski definition) is 4. The fourth-order valence-corrected chi connectivity index (χ4v) is 3.34. The normalized spacial score (nSPS) is 17.7. The molecule has 2 heterocycles. The van der Waals surface area contributed by atoms with E-state index >= 15 is 0 Å². The molecule has 0 amide bonds. The molecular formula is C16H29IN4OS. The molecule has 0 aliphatic carbocycles. The van der Waals surface area contributed by atoms with Crippen LogP contribution in [0.1, 0.15) is 25.3 Å². The molecule has 23 heavy (non-hydrogen) atoms. The maximum absolute atomic E-state index is 5.53. The Morgan fingerprint density at radius 1 is 1.35 bits per heavy atom. The largest absolute Gasteiger partial charge is 0.381 e. The van der Waals surface area contributed by atoms with E-state index in [4.69, 9.17) is 4.74 Å². The summed E-state index contributed by atoms with van der Waals surface area (Å²) >= 11 is 1.71. The molecule has 2 N–H and O–H groups in total. The molecule has 2 rings (SSSR count). The topological polar surface area (TPSA) is 48.9 Å². The monoisotopic (exact) mass is 452 g/mol. The highest BCUT2D eigenvalue weighted by atomic mass is 127. The molecule has 132 valence electrons. The molecule has 7 heteroatoms. The second-order valence-electron chi connectivity index (χ2n) is 5.91. The number of ether oxygens (including phenoxy) is 1. The molecule has 0 unspecified atom stereocenters. The van der Waals surface area contributed by atoms with Gasteiger partial charge in [-0.15, -0.1) is 24.0 Å². The maximum Gasteiger partial charge on any atom is 0.191 e. The van der Waals surface area contributed by atoms with Crippen LogP contribution in [0.15, 0.2) is 21.8 Å². The van der Waals surface area contributed by atoms with Gasteiger partial charge in [-0.2, -0.15) is 11.3 Å². The van der Waals surface area contributed by atoms with Crippen LogP contribution in [-0.2, 0) is 11.3 Å². The van der Waals surface area contributed by atoms with E-state index in [-0.39, 0.29) is 29.5 Å². The SMILES string of the molecule is CCNC(=NCc1ccsc1)NCC1(N(C)C)CCOCC1.I. The summed E-state index contributed by atoms with van der Waals surface area (Å²) in [6.07, 6.45) is 2.11. The molecule has 1 aromatic heterocycles. The van der Waals surface area contributed by atoms with E-state index in [0.29, 0.717) is 0 Å². The Kier molecular flexibility index (Phi) is 9.41. The lowest BCUT2D eigenvalue weighted by molar-refractivity contribution is -0.00501. The predicted molar refractivity (Wildman–Crippen MR) is 109 cm³/mol. The van der Waals surface area contributed by atoms with Crippen molar-refractivity contribution in [2.24, 2.45) is 4.99 Å². The van der Waals surface area contributed by atoms with Crippen LogP contribution in [0.4, 0.5) is 0 Å². The van der Waals surface area contributed by atoms with Gasteiger partial charge >= 0.3 is 0 Å². The van der Waals surface area contributed by atoms with E-state index in [0.717, 1.165) is 51.6 Å². The van der Waals surface area contributed by atoms with E-state index < -0.39 is 0 Å². The molecule has 0 radical (unpaired) electrons. The standard InChI is InChI=1S/C16H28N4OS.HI/c1-4-17-15(18-11-14-5-10-22-12-14)19-13-16(20(2)3)6-8-21-9-7-16;/h5,10,12H,4,6-9,11,13H2,1-3H3,(H2,17,18,19);1H. The van der Waals surface area contributed by atoms with Crippen LogP contribution in [0, 0.1) is 0 Å². The molecular weight excluding hydrogens is 423 g/mol. The van der Waals surface area contributed by atoms with Crippen molar-refractivity contribution in [3.63, 3.8) is 0 Å². The van der Waals surface area contributed by atoms with Crippen molar-refractivity contribution in [3.05, 3.63) is 22.4 Å². The summed E-state index contributed by atoms with van der Waals surface area (Å²) in [7, 11) is 4.31. The second-order valence-corrected chi connectivity index (χ2v) is 6.69. The minimum atomic E-state index is 0. The van der Waals surface area contributed by atoms with Crippen LogP contribution < -0.4 is 10.6 Å². The van der Waals surface area contributed by atoms with Crippen molar-refractivity contribution in [2.45, 2.75) is 31.8 Å². The van der Waals surface area contributed by atoms with Crippen LogP contribution in [0.3, 0.4) is 0 Å². The number of nitrogens with zero attached hydrogens (tertiary/aromatic N) is 2. The molecule has 1 saturated heterocycles. The van der Waals surface area contributed by atoms with Crippen LogP contribution in [0.2, 0.25) is 0 Å². The minimum absolute atomic E-state index is 0. The summed E-state index contributed by atoms with van der Waals surface area (Å²) in [6.45, 7) is 6.24. The maximum atomic E-state index is 5.53. The summed E-state index contributed by atoms with van der Waals surface area (Å²) in [4.78, 5) is 7.01. The van der Waals surface area contributed by atoms with Gasteiger partial charge in [0.2, 0.25) is 0 Å². The van der Waals surface area contributed by atoms with Crippen molar-refractivity contribution in [1.82, 2.24) is 15.5 Å². The number of rotatable bonds is 6. The molecule has 1 aliphatic rings. The molecule has 0 bridgehead atoms. The summed E-state index contributed by atoms with van der Waals surface area (Å²) in [5, 5.41) is 11.1. The Labute approximate surface area is 160 Å². The lowest BCUT2D eigenvalue weighted by atomic mass is 9.88. The summed E-state index contributed by atoms with van der Waals surface area (Å²) in [5.41, 5.74) is 1.41. The third kappa shape index (κ3) is 6.21. The summed E-state index contributed by atoms with van der Waals surface area (Å²) in [5.74, 6) is 0.890. The van der Waals surface area contributed by atoms with Gasteiger partial charge in [-0.1, -0.05) is 0 Å². The minimum Gasteiger partial charge on any atom is -0.381 e. The highest BCUT2D eigenvalue weighted by Gasteiger charge is 2.34. The van der Waals surface area contributed by atoms with Crippen molar-refractivity contribution >= 4 is 41.3 Å². The predicted octanol–water partition coefficient (Wildman–Crippen LogP) is 2.53. The number of guanidine groups is 1. The zero-order chi connectivity index (χ0) is 15.8. The number of likely N-dealkylation sites (N-methyl/N-ethyl adjacent to an activating group) is 1. The lowest BCUT2D eigenvalue weighted by Crippen LogP contribution is -2.57. The van der Waals surface area contributed by atoms with Gasteiger partial charge in [-0.25, -0.2) is 4.99 Å². The molecule has 1 aliphatic heterocycles. The van der Waals surface area contributed by atoms with Crippen LogP contribution in [0.5, 0.6) is 0 Å². The van der Waals surface area contributed by atoms with E-state index in [9.17, 15) is 0 Å². The number of hydrogen-bond donors (Lipinski definition) is 2. The van der Waals surface area contributed by atoms with E-state index in [1.165, 1.54) is 5.56 Å². The molecule has 5 nitrogen and oxygen atoms in total. The number of thiophene rings is 1. The van der Waals surface area contributed by atoms with Crippen molar-refractivity contribution in [2.75, 3.05) is 40.4 Å². The molecule has 1 aromatic rings. The number of aliphatic imine (C=N–C) groups is 1. The van der Waals surface area contributed by atoms with Crippen molar-refractivity contribution in [1.29, 1.82) is 0 Å². The van der Waals surface area contributed by atoms with Gasteiger partial charge in [0, 0.05) is 31.8 Å². The Morgan fingerprint density at radius 2 is 2.09 bits per heavy atom. The van der Waals surface area contributed by atoms with Gasteiger partial charge in [0.1, 0.15) is 0 Å². The van der Waals surface area contributed by atoms with Crippen molar-refractivity contribution < 1.29 is 4.74 Å². The van der Waals surface area contributed by atoms with Crippen LogP contribution in [-0.4, -0.2) is 56.8 Å². The fourth-order valence-electron chi connectivity index (χ4n) is 2.68. The molecule has 0 saturated carbocycles. The van der Waals surface area contributed by atoms with Gasteiger partial charge in [0.15, 0.2) is 5.96 Å². The lowest BCUT2D eigenvalue weighted by Gasteiger charge is -2.43. The second kappa shape index (κ2) is 10.5. The molecule has 1 fully saturated rings. The summed E-state index contributed by atoms with van der Waals surface area (Å²) < 4.78 is 5.53. The zero-order valence-corrected chi connectivity index (χ0v) is 17.4. The first-order chi connectivity index (χ1) is 10.7. The van der Waals surface area contributed by atoms with Crippen LogP contribution in [0.25, 0.3) is 0 Å². The quantitative estimate of drug-likeness (QED) is 0.396. The van der Waals surface area contributed by atoms with Gasteiger partial charge < -0.3 is 20.3 Å². The first-order valence-corrected chi connectivity index (χ1v) is 8.89. The first kappa shape index (κ1) is 20.7. The number of halogens is 1. The Morgan fingerprint density at radius 3 is 2.65 bits per heavy atom. The first-order valence-electron chi connectivity index (χ1n) is 7.95. The fraction of sp³-hybridized carbons (Fsp3) is 0.688. The van der Waals surface area contributed by atoms with E-state index in [1.54, 1.807) is 11.3 Å². The Hall–Kier alpha value is -0.380. The van der Waals surface area contributed by atoms with Crippen LogP contribution >= 0.6 is 35.3 Å². The average Bonchev–Trinajstić information content (AvgIpc) is 3.04. The number of nitrogens with one attached hydrogen (secondary N) is 2. The van der Waals surface area contributed by atoms with Gasteiger partial charge in [0.25, 0.3) is 0 Å². The Bertz CT molecular complexity index is 459. The zero-order valence-electron chi connectivity index (χ0n) is 14.3. The van der Waals surface area contributed by atoms with E-state index in [2.05, 4.69) is 58.4 Å². The average molecular weight is 452 g/mol. The van der Waals surface area contributed by atoms with E-state index in [1.807, 2.05) is 0 Å². The van der Waals surface area contributed by atoms with Crippen molar-refractivity contribution in [3.8, 4) is 0 Å². The smallest absolute Gasteiger partial charge is 0.191 e. The highest BCUT2D eigenvalue weighted by molar-refractivity contribution is 14.0. The molecule has 0 atom stereocenters.